The number of anilines is 1. The second kappa shape index (κ2) is 8.27. The number of carbonyl (C=O) groups excluding carboxylic acids is 1. The molecule has 4 rings (SSSR count). The predicted octanol–water partition coefficient (Wildman–Crippen LogP) is 5.82. The van der Waals surface area contributed by atoms with E-state index in [1.165, 1.54) is 0 Å². The van der Waals surface area contributed by atoms with Crippen LogP contribution in [-0.4, -0.2) is 11.5 Å². The van der Waals surface area contributed by atoms with Crippen molar-refractivity contribution in [1.29, 1.82) is 5.26 Å². The van der Waals surface area contributed by atoms with Gasteiger partial charge in [-0.3, -0.25) is 9.69 Å². The molecule has 2 heterocycles. The zero-order valence-electron chi connectivity index (χ0n) is 15.9. The van der Waals surface area contributed by atoms with E-state index in [0.717, 1.165) is 34.1 Å². The standard InChI is InChI=1S/C22H20ClN3OS2/c1-2-28-18-10-11-29-21(18)19-13(12-24)22(25)26(15-7-4-3-6-14(15)23)16-8-5-9-17(27)20(16)19/h3-4,6-7,10-11,19H,2,5,8-9,25H2,1H3. The first kappa shape index (κ1) is 20.1. The maximum Gasteiger partial charge on any atom is 0.161 e. The number of nitrogens with zero attached hydrogens (tertiary/aromatic N) is 2. The van der Waals surface area contributed by atoms with Gasteiger partial charge in [-0.25, -0.2) is 0 Å². The van der Waals surface area contributed by atoms with Crippen molar-refractivity contribution < 1.29 is 4.79 Å². The van der Waals surface area contributed by atoms with Crippen molar-refractivity contribution >= 4 is 46.2 Å². The van der Waals surface area contributed by atoms with Crippen molar-refractivity contribution in [3.63, 3.8) is 0 Å². The lowest BCUT2D eigenvalue weighted by Crippen LogP contribution is -2.38. The van der Waals surface area contributed by atoms with E-state index in [1.54, 1.807) is 29.2 Å². The lowest BCUT2D eigenvalue weighted by Gasteiger charge is -2.39. The fraction of sp³-hybridized carbons (Fsp3) is 0.273. The first-order valence-electron chi connectivity index (χ1n) is 9.49. The molecule has 0 saturated carbocycles. The smallest absolute Gasteiger partial charge is 0.161 e. The third-order valence-electron chi connectivity index (χ3n) is 5.23. The fourth-order valence-corrected chi connectivity index (χ4v) is 6.32. The summed E-state index contributed by atoms with van der Waals surface area (Å²) in [6.07, 6.45) is 1.98. The minimum Gasteiger partial charge on any atom is -0.384 e. The monoisotopic (exact) mass is 441 g/mol. The Balaban J connectivity index is 1.98. The summed E-state index contributed by atoms with van der Waals surface area (Å²) in [5, 5.41) is 12.6. The summed E-state index contributed by atoms with van der Waals surface area (Å²) in [5.41, 5.74) is 9.27. The van der Waals surface area contributed by atoms with Crippen molar-refractivity contribution in [2.45, 2.75) is 37.0 Å². The second-order valence-electron chi connectivity index (χ2n) is 6.85. The molecule has 1 aromatic heterocycles. The van der Waals surface area contributed by atoms with Gasteiger partial charge in [0.15, 0.2) is 5.78 Å². The van der Waals surface area contributed by atoms with Gasteiger partial charge < -0.3 is 5.73 Å². The summed E-state index contributed by atoms with van der Waals surface area (Å²) < 4.78 is 0. The molecule has 1 aliphatic carbocycles. The van der Waals surface area contributed by atoms with E-state index in [-0.39, 0.29) is 5.78 Å². The van der Waals surface area contributed by atoms with Crippen LogP contribution in [0.3, 0.4) is 0 Å². The summed E-state index contributed by atoms with van der Waals surface area (Å²) in [7, 11) is 0. The Morgan fingerprint density at radius 3 is 2.86 bits per heavy atom. The zero-order valence-corrected chi connectivity index (χ0v) is 18.3. The van der Waals surface area contributed by atoms with Crippen LogP contribution < -0.4 is 10.6 Å². The molecule has 1 aliphatic heterocycles. The van der Waals surface area contributed by atoms with Crippen LogP contribution in [-0.2, 0) is 4.79 Å². The van der Waals surface area contributed by atoms with Gasteiger partial charge in [-0.15, -0.1) is 23.1 Å². The molecule has 0 fully saturated rings. The van der Waals surface area contributed by atoms with Crippen molar-refractivity contribution in [2.75, 3.05) is 10.7 Å². The third kappa shape index (κ3) is 3.38. The van der Waals surface area contributed by atoms with E-state index in [4.69, 9.17) is 17.3 Å². The SMILES string of the molecule is CCSc1ccsc1C1C(C#N)=C(N)N(c2ccccc2Cl)C2=C1C(=O)CCC2. The van der Waals surface area contributed by atoms with Crippen molar-refractivity contribution in [1.82, 2.24) is 0 Å². The average Bonchev–Trinajstić information content (AvgIpc) is 3.16. The van der Waals surface area contributed by atoms with E-state index in [9.17, 15) is 10.1 Å². The van der Waals surface area contributed by atoms with Gasteiger partial charge in [0.25, 0.3) is 0 Å². The molecule has 1 unspecified atom stereocenters. The minimum atomic E-state index is -0.407. The molecule has 1 atom stereocenters. The molecule has 0 radical (unpaired) electrons. The Morgan fingerprint density at radius 2 is 2.14 bits per heavy atom. The van der Waals surface area contributed by atoms with E-state index in [2.05, 4.69) is 19.1 Å². The number of nitriles is 1. The van der Waals surface area contributed by atoms with E-state index in [1.807, 2.05) is 28.5 Å². The summed E-state index contributed by atoms with van der Waals surface area (Å²) in [5.74, 6) is 0.966. The maximum atomic E-state index is 13.1. The van der Waals surface area contributed by atoms with Crippen molar-refractivity contribution in [3.05, 3.63) is 68.3 Å². The molecule has 1 aromatic carbocycles. The van der Waals surface area contributed by atoms with E-state index in [0.29, 0.717) is 34.1 Å². The van der Waals surface area contributed by atoms with Crippen LogP contribution >= 0.6 is 34.7 Å². The third-order valence-corrected chi connectivity index (χ3v) is 7.61. The molecule has 29 heavy (non-hydrogen) atoms. The highest BCUT2D eigenvalue weighted by molar-refractivity contribution is 7.99. The van der Waals surface area contributed by atoms with Crippen LogP contribution in [0.4, 0.5) is 5.69 Å². The Morgan fingerprint density at radius 1 is 1.34 bits per heavy atom. The number of ketones is 1. The van der Waals surface area contributed by atoms with Crippen LogP contribution in [0.1, 0.15) is 37.0 Å². The quantitative estimate of drug-likeness (QED) is 0.605. The Kier molecular flexibility index (Phi) is 5.73. The van der Waals surface area contributed by atoms with Gasteiger partial charge in [0, 0.05) is 27.5 Å². The molecule has 4 nitrogen and oxygen atoms in total. The first-order valence-corrected chi connectivity index (χ1v) is 11.7. The number of halogens is 1. The summed E-state index contributed by atoms with van der Waals surface area (Å²) in [4.78, 5) is 17.1. The molecular formula is C22H20ClN3OS2. The number of allylic oxidation sites excluding steroid dienone is 3. The number of thiophene rings is 1. The number of hydrogen-bond acceptors (Lipinski definition) is 6. The van der Waals surface area contributed by atoms with Gasteiger partial charge in [0.1, 0.15) is 5.82 Å². The van der Waals surface area contributed by atoms with Crippen LogP contribution in [0.15, 0.2) is 63.3 Å². The van der Waals surface area contributed by atoms with E-state index < -0.39 is 5.92 Å². The fourth-order valence-electron chi connectivity index (χ4n) is 4.05. The highest BCUT2D eigenvalue weighted by atomic mass is 35.5. The molecule has 0 saturated heterocycles. The van der Waals surface area contributed by atoms with Crippen molar-refractivity contribution in [2.24, 2.45) is 5.73 Å². The van der Waals surface area contributed by atoms with Gasteiger partial charge in [-0.1, -0.05) is 30.7 Å². The first-order chi connectivity index (χ1) is 14.1. The summed E-state index contributed by atoms with van der Waals surface area (Å²) in [6, 6.07) is 11.8. The number of thioether (sulfide) groups is 1. The topological polar surface area (TPSA) is 70.1 Å². The molecule has 148 valence electrons. The number of Topliss-reactive ketones (excluding diaryl/α,β-unsaturated/α-hetero) is 1. The van der Waals surface area contributed by atoms with E-state index >= 15 is 0 Å². The number of benzene rings is 1. The Bertz CT molecular complexity index is 1080. The highest BCUT2D eigenvalue weighted by Gasteiger charge is 2.41. The normalized spacial score (nSPS) is 19.4. The predicted molar refractivity (Wildman–Crippen MR) is 120 cm³/mol. The van der Waals surface area contributed by atoms with Crippen LogP contribution in [0.2, 0.25) is 5.02 Å². The second-order valence-corrected chi connectivity index (χ2v) is 9.51. The number of rotatable bonds is 4. The largest absolute Gasteiger partial charge is 0.384 e. The van der Waals surface area contributed by atoms with Gasteiger partial charge in [0.2, 0.25) is 0 Å². The number of carbonyl (C=O) groups is 1. The Hall–Kier alpha value is -2.20. The van der Waals surface area contributed by atoms with Crippen molar-refractivity contribution in [3.8, 4) is 6.07 Å². The molecule has 7 heteroatoms. The molecule has 2 N–H and O–H groups in total. The van der Waals surface area contributed by atoms with Gasteiger partial charge >= 0.3 is 0 Å². The lowest BCUT2D eigenvalue weighted by atomic mass is 9.78. The zero-order chi connectivity index (χ0) is 20.5. The molecule has 2 aliphatic rings. The van der Waals surface area contributed by atoms with Crippen LogP contribution in [0.25, 0.3) is 0 Å². The molecule has 0 bridgehead atoms. The molecule has 0 spiro atoms. The molecule has 2 aromatic rings. The lowest BCUT2D eigenvalue weighted by molar-refractivity contribution is -0.116. The number of hydrogen-bond donors (Lipinski definition) is 1. The minimum absolute atomic E-state index is 0.0920. The van der Waals surface area contributed by atoms with Gasteiger partial charge in [0.05, 0.1) is 28.3 Å². The highest BCUT2D eigenvalue weighted by Crippen LogP contribution is 2.50. The summed E-state index contributed by atoms with van der Waals surface area (Å²) in [6.45, 7) is 2.10. The van der Waals surface area contributed by atoms with Gasteiger partial charge in [-0.2, -0.15) is 5.26 Å². The average molecular weight is 442 g/mol. The van der Waals surface area contributed by atoms with Crippen LogP contribution in [0, 0.1) is 11.3 Å². The van der Waals surface area contributed by atoms with Crippen LogP contribution in [0.5, 0.6) is 0 Å². The number of nitrogens with two attached hydrogens (primary N) is 1. The summed E-state index contributed by atoms with van der Waals surface area (Å²) >= 11 is 9.78. The maximum absolute atomic E-state index is 13.1. The van der Waals surface area contributed by atoms with Gasteiger partial charge in [-0.05, 0) is 42.2 Å². The Labute approximate surface area is 183 Å². The molecule has 0 amide bonds. The number of para-hydroxylation sites is 1. The molecular weight excluding hydrogens is 422 g/mol.